The van der Waals surface area contributed by atoms with Crippen molar-refractivity contribution in [2.24, 2.45) is 0 Å². The molecule has 5 heteroatoms. The molecule has 1 N–H and O–H groups in total. The van der Waals surface area contributed by atoms with Crippen LogP contribution in [-0.4, -0.2) is 19.9 Å². The van der Waals surface area contributed by atoms with Gasteiger partial charge in [-0.3, -0.25) is 4.98 Å². The van der Waals surface area contributed by atoms with Crippen molar-refractivity contribution >= 4 is 22.1 Å². The van der Waals surface area contributed by atoms with Gasteiger partial charge in [0.2, 0.25) is 5.95 Å². The van der Waals surface area contributed by atoms with Crippen LogP contribution in [0.5, 0.6) is 0 Å². The lowest BCUT2D eigenvalue weighted by atomic mass is 10.1. The Kier molecular flexibility index (Phi) is 2.26. The Morgan fingerprint density at radius 2 is 1.95 bits per heavy atom. The number of hydrogen-bond donors (Lipinski definition) is 1. The summed E-state index contributed by atoms with van der Waals surface area (Å²) >= 11 is 0. The van der Waals surface area contributed by atoms with Gasteiger partial charge in [-0.2, -0.15) is 4.39 Å². The van der Waals surface area contributed by atoms with Crippen LogP contribution in [0.2, 0.25) is 0 Å². The van der Waals surface area contributed by atoms with Crippen LogP contribution in [0.15, 0.2) is 48.8 Å². The van der Waals surface area contributed by atoms with Crippen molar-refractivity contribution in [1.29, 1.82) is 0 Å². The molecule has 0 unspecified atom stereocenters. The zero-order chi connectivity index (χ0) is 13.5. The lowest BCUT2D eigenvalue weighted by molar-refractivity contribution is 0.584. The van der Waals surface area contributed by atoms with Gasteiger partial charge in [0.05, 0.1) is 16.7 Å². The Hall–Kier alpha value is -2.82. The first-order valence-electron chi connectivity index (χ1n) is 6.17. The fourth-order valence-corrected chi connectivity index (χ4v) is 2.32. The molecule has 0 saturated carbocycles. The van der Waals surface area contributed by atoms with Crippen molar-refractivity contribution in [3.8, 4) is 11.3 Å². The third kappa shape index (κ3) is 1.64. The van der Waals surface area contributed by atoms with Gasteiger partial charge in [-0.15, -0.1) is 0 Å². The highest BCUT2D eigenvalue weighted by Gasteiger charge is 2.08. The van der Waals surface area contributed by atoms with Crippen molar-refractivity contribution in [2.45, 2.75) is 0 Å². The molecule has 0 aliphatic heterocycles. The van der Waals surface area contributed by atoms with Crippen LogP contribution in [0, 0.1) is 5.95 Å². The molecule has 0 fully saturated rings. The smallest absolute Gasteiger partial charge is 0.213 e. The standard InChI is InChI=1S/C15H9FN4/c16-13-8-9(5-7-17-13)11-4-3-10-14-12(2-1-6-18-14)20-15(10)19-11/h1-8H,(H,19,20). The second-order valence-electron chi connectivity index (χ2n) is 4.48. The molecule has 0 spiro atoms. The molecular formula is C15H9FN4. The molecule has 0 radical (unpaired) electrons. The van der Waals surface area contributed by atoms with Gasteiger partial charge >= 0.3 is 0 Å². The van der Waals surface area contributed by atoms with E-state index in [1.165, 1.54) is 12.3 Å². The molecule has 20 heavy (non-hydrogen) atoms. The first kappa shape index (κ1) is 11.0. The highest BCUT2D eigenvalue weighted by atomic mass is 19.1. The number of aromatic nitrogens is 4. The number of halogens is 1. The summed E-state index contributed by atoms with van der Waals surface area (Å²) in [6.07, 6.45) is 3.19. The van der Waals surface area contributed by atoms with Gasteiger partial charge in [0, 0.05) is 29.4 Å². The number of fused-ring (bicyclic) bond motifs is 3. The van der Waals surface area contributed by atoms with Gasteiger partial charge in [0.25, 0.3) is 0 Å². The van der Waals surface area contributed by atoms with E-state index in [1.54, 1.807) is 12.3 Å². The second kappa shape index (κ2) is 4.09. The largest absolute Gasteiger partial charge is 0.338 e. The Morgan fingerprint density at radius 1 is 1.00 bits per heavy atom. The lowest BCUT2D eigenvalue weighted by Gasteiger charge is -2.00. The summed E-state index contributed by atoms with van der Waals surface area (Å²) in [5.41, 5.74) is 3.97. The Morgan fingerprint density at radius 3 is 2.85 bits per heavy atom. The third-order valence-corrected chi connectivity index (χ3v) is 3.23. The fourth-order valence-electron chi connectivity index (χ4n) is 2.32. The summed E-state index contributed by atoms with van der Waals surface area (Å²) in [4.78, 5) is 15.6. The van der Waals surface area contributed by atoms with Crippen molar-refractivity contribution < 1.29 is 4.39 Å². The fraction of sp³-hybridized carbons (Fsp3) is 0. The average Bonchev–Trinajstić information content (AvgIpc) is 2.85. The number of hydrogen-bond acceptors (Lipinski definition) is 3. The maximum atomic E-state index is 13.2. The van der Waals surface area contributed by atoms with Gasteiger partial charge < -0.3 is 4.98 Å². The van der Waals surface area contributed by atoms with E-state index in [4.69, 9.17) is 0 Å². The second-order valence-corrected chi connectivity index (χ2v) is 4.48. The van der Waals surface area contributed by atoms with Crippen molar-refractivity contribution in [1.82, 2.24) is 19.9 Å². The summed E-state index contributed by atoms with van der Waals surface area (Å²) in [5.74, 6) is -0.511. The molecule has 4 nitrogen and oxygen atoms in total. The quantitative estimate of drug-likeness (QED) is 0.536. The van der Waals surface area contributed by atoms with E-state index in [1.807, 2.05) is 24.3 Å². The summed E-state index contributed by atoms with van der Waals surface area (Å²) in [6.45, 7) is 0. The number of nitrogens with zero attached hydrogens (tertiary/aromatic N) is 3. The minimum atomic E-state index is -0.511. The van der Waals surface area contributed by atoms with Gasteiger partial charge in [-0.05, 0) is 30.3 Å². The summed E-state index contributed by atoms with van der Waals surface area (Å²) in [7, 11) is 0. The molecule has 0 amide bonds. The summed E-state index contributed by atoms with van der Waals surface area (Å²) in [5, 5.41) is 0.957. The molecule has 0 aliphatic rings. The minimum absolute atomic E-state index is 0.511. The first-order chi connectivity index (χ1) is 9.81. The normalized spacial score (nSPS) is 11.2. The number of nitrogens with one attached hydrogen (secondary N) is 1. The van der Waals surface area contributed by atoms with E-state index >= 15 is 0 Å². The number of pyridine rings is 3. The molecule has 96 valence electrons. The average molecular weight is 264 g/mol. The summed E-state index contributed by atoms with van der Waals surface area (Å²) < 4.78 is 13.2. The first-order valence-corrected chi connectivity index (χ1v) is 6.17. The van der Waals surface area contributed by atoms with Crippen molar-refractivity contribution in [3.05, 3.63) is 54.7 Å². The minimum Gasteiger partial charge on any atom is -0.338 e. The van der Waals surface area contributed by atoms with Gasteiger partial charge in [-0.25, -0.2) is 9.97 Å². The Balaban J connectivity index is 1.97. The van der Waals surface area contributed by atoms with Crippen molar-refractivity contribution in [2.75, 3.05) is 0 Å². The van der Waals surface area contributed by atoms with Crippen LogP contribution in [0.25, 0.3) is 33.3 Å². The van der Waals surface area contributed by atoms with Crippen LogP contribution < -0.4 is 0 Å². The van der Waals surface area contributed by atoms with E-state index in [9.17, 15) is 4.39 Å². The van der Waals surface area contributed by atoms with Gasteiger partial charge in [-0.1, -0.05) is 0 Å². The highest BCUT2D eigenvalue weighted by Crippen LogP contribution is 2.25. The maximum Gasteiger partial charge on any atom is 0.213 e. The molecule has 0 bridgehead atoms. The predicted octanol–water partition coefficient (Wildman–Crippen LogP) is 3.31. The van der Waals surface area contributed by atoms with E-state index in [0.717, 1.165) is 22.1 Å². The van der Waals surface area contributed by atoms with E-state index in [2.05, 4.69) is 19.9 Å². The van der Waals surface area contributed by atoms with Crippen LogP contribution in [0.4, 0.5) is 4.39 Å². The predicted molar refractivity (Wildman–Crippen MR) is 74.6 cm³/mol. The van der Waals surface area contributed by atoms with Crippen LogP contribution in [-0.2, 0) is 0 Å². The van der Waals surface area contributed by atoms with Crippen molar-refractivity contribution in [3.63, 3.8) is 0 Å². The van der Waals surface area contributed by atoms with E-state index in [-0.39, 0.29) is 0 Å². The lowest BCUT2D eigenvalue weighted by Crippen LogP contribution is -1.87. The Labute approximate surface area is 113 Å². The molecule has 4 aromatic heterocycles. The zero-order valence-corrected chi connectivity index (χ0v) is 10.3. The molecule has 0 aromatic carbocycles. The van der Waals surface area contributed by atoms with Gasteiger partial charge in [0.1, 0.15) is 5.65 Å². The zero-order valence-electron chi connectivity index (χ0n) is 10.3. The van der Waals surface area contributed by atoms with E-state index in [0.29, 0.717) is 11.3 Å². The molecule has 4 aromatic rings. The number of aromatic amines is 1. The van der Waals surface area contributed by atoms with Crippen LogP contribution in [0.1, 0.15) is 0 Å². The Bertz CT molecular complexity index is 929. The SMILES string of the molecule is Fc1cc(-c2ccc3c(n2)[nH]c2cccnc23)ccn1. The number of rotatable bonds is 1. The molecule has 4 rings (SSSR count). The van der Waals surface area contributed by atoms with Crippen LogP contribution >= 0.6 is 0 Å². The molecule has 0 saturated heterocycles. The molecular weight excluding hydrogens is 255 g/mol. The monoisotopic (exact) mass is 264 g/mol. The molecule has 0 aliphatic carbocycles. The van der Waals surface area contributed by atoms with Crippen LogP contribution in [0.3, 0.4) is 0 Å². The molecule has 4 heterocycles. The van der Waals surface area contributed by atoms with Gasteiger partial charge in [0.15, 0.2) is 0 Å². The van der Waals surface area contributed by atoms with E-state index < -0.39 is 5.95 Å². The maximum absolute atomic E-state index is 13.2. The topological polar surface area (TPSA) is 54.5 Å². The summed E-state index contributed by atoms with van der Waals surface area (Å²) in [6, 6.07) is 10.7. The molecule has 0 atom stereocenters. The third-order valence-electron chi connectivity index (χ3n) is 3.23. The highest BCUT2D eigenvalue weighted by molar-refractivity contribution is 6.03. The number of H-pyrrole nitrogens is 1.